The predicted molar refractivity (Wildman–Crippen MR) is 148 cm³/mol. The van der Waals surface area contributed by atoms with Gasteiger partial charge in [0, 0.05) is 23.6 Å². The second kappa shape index (κ2) is 10.9. The number of nitrogens with zero attached hydrogens (tertiary/aromatic N) is 3. The number of benzene rings is 2. The summed E-state index contributed by atoms with van der Waals surface area (Å²) in [6, 6.07) is 18.2. The number of carbonyl (C=O) groups excluding carboxylic acids is 3. The molecule has 0 radical (unpaired) electrons. The highest BCUT2D eigenvalue weighted by atomic mass is 32.1. The molecule has 8 heteroatoms. The minimum absolute atomic E-state index is 0.0476. The molecule has 1 fully saturated rings. The summed E-state index contributed by atoms with van der Waals surface area (Å²) in [4.78, 5) is 42.2. The first kappa shape index (κ1) is 26.0. The molecule has 1 saturated heterocycles. The van der Waals surface area contributed by atoms with Crippen LogP contribution in [0.25, 0.3) is 11.8 Å². The maximum absolute atomic E-state index is 13.6. The van der Waals surface area contributed by atoms with Crippen LogP contribution in [0.4, 0.5) is 5.69 Å². The molecule has 0 aliphatic carbocycles. The molecule has 2 aromatic carbocycles. The third kappa shape index (κ3) is 4.97. The van der Waals surface area contributed by atoms with Crippen molar-refractivity contribution in [2.24, 2.45) is 0 Å². The zero-order valence-electron chi connectivity index (χ0n) is 21.4. The number of thiocarbonyl (C=S) groups is 1. The van der Waals surface area contributed by atoms with Gasteiger partial charge in [-0.15, -0.1) is 0 Å². The summed E-state index contributed by atoms with van der Waals surface area (Å²) in [6.07, 6.45) is 2.33. The monoisotopic (exact) mass is 515 g/mol. The maximum Gasteiger partial charge on any atom is 0.338 e. The van der Waals surface area contributed by atoms with Gasteiger partial charge in [0.15, 0.2) is 5.11 Å². The molecule has 0 N–H and O–H groups in total. The van der Waals surface area contributed by atoms with Gasteiger partial charge in [0.1, 0.15) is 5.57 Å². The molecular formula is C29H29N3O4S. The molecule has 0 atom stereocenters. The van der Waals surface area contributed by atoms with Gasteiger partial charge in [0.25, 0.3) is 11.8 Å². The molecular weight excluding hydrogens is 486 g/mol. The van der Waals surface area contributed by atoms with Crippen LogP contribution >= 0.6 is 12.2 Å². The average Bonchev–Trinajstić information content (AvgIpc) is 3.17. The molecule has 2 heterocycles. The number of hydrogen-bond donors (Lipinski definition) is 0. The Bertz CT molecular complexity index is 1410. The van der Waals surface area contributed by atoms with Crippen molar-refractivity contribution in [1.82, 2.24) is 9.47 Å². The molecule has 7 nitrogen and oxygen atoms in total. The Kier molecular flexibility index (Phi) is 7.69. The van der Waals surface area contributed by atoms with E-state index in [9.17, 15) is 14.4 Å². The van der Waals surface area contributed by atoms with Crippen molar-refractivity contribution in [3.8, 4) is 5.69 Å². The summed E-state index contributed by atoms with van der Waals surface area (Å²) in [7, 11) is 0. The molecule has 190 valence electrons. The highest BCUT2D eigenvalue weighted by Crippen LogP contribution is 2.29. The number of anilines is 1. The highest BCUT2D eigenvalue weighted by Gasteiger charge is 2.40. The van der Waals surface area contributed by atoms with Gasteiger partial charge in [-0.3, -0.25) is 19.4 Å². The third-order valence-electron chi connectivity index (χ3n) is 6.18. The Hall–Kier alpha value is -4.04. The van der Waals surface area contributed by atoms with Crippen LogP contribution in [0.1, 0.15) is 47.6 Å². The van der Waals surface area contributed by atoms with Crippen LogP contribution < -0.4 is 4.90 Å². The molecule has 1 aliphatic heterocycles. The number of rotatable bonds is 7. The van der Waals surface area contributed by atoms with Gasteiger partial charge < -0.3 is 9.30 Å². The lowest BCUT2D eigenvalue weighted by atomic mass is 10.1. The molecule has 0 bridgehead atoms. The first-order valence-electron chi connectivity index (χ1n) is 12.2. The number of amides is 2. The summed E-state index contributed by atoms with van der Waals surface area (Å²) < 4.78 is 7.12. The lowest BCUT2D eigenvalue weighted by Crippen LogP contribution is -2.56. The molecule has 0 spiro atoms. The summed E-state index contributed by atoms with van der Waals surface area (Å²) in [5.41, 5.74) is 4.34. The zero-order chi connectivity index (χ0) is 26.7. The minimum Gasteiger partial charge on any atom is -0.462 e. The standard InChI is InChI=1S/C29H29N3O4S/c1-5-15-30-26(33)25(27(34)32(29(30)37)23-12-8-7-9-13-23)18-22-16-19(3)31(20(22)4)24-14-10-11-21(17-24)28(35)36-6-2/h7-14,16-18H,5-6,15H2,1-4H3/b25-18+. The van der Waals surface area contributed by atoms with Gasteiger partial charge in [0.05, 0.1) is 17.9 Å². The SMILES string of the molecule is CCCN1C(=O)/C(=C\c2cc(C)n(-c3cccc(C(=O)OCC)c3)c2C)C(=O)N(c2ccccc2)C1=S. The van der Waals surface area contributed by atoms with Gasteiger partial charge >= 0.3 is 5.97 Å². The Balaban J connectivity index is 1.79. The minimum atomic E-state index is -0.456. The lowest BCUT2D eigenvalue weighted by Gasteiger charge is -2.36. The summed E-state index contributed by atoms with van der Waals surface area (Å²) in [5.74, 6) is -1.25. The molecule has 0 saturated carbocycles. The topological polar surface area (TPSA) is 71.9 Å². The number of hydrogen-bond acceptors (Lipinski definition) is 5. The van der Waals surface area contributed by atoms with Crippen molar-refractivity contribution >= 4 is 46.9 Å². The fourth-order valence-corrected chi connectivity index (χ4v) is 4.84. The number of esters is 1. The fourth-order valence-electron chi connectivity index (χ4n) is 4.47. The molecule has 3 aromatic rings. The Morgan fingerprint density at radius 1 is 0.946 bits per heavy atom. The van der Waals surface area contributed by atoms with E-state index in [4.69, 9.17) is 17.0 Å². The van der Waals surface area contributed by atoms with E-state index in [2.05, 4.69) is 0 Å². The number of ether oxygens (including phenoxy) is 1. The number of para-hydroxylation sites is 1. The van der Waals surface area contributed by atoms with Gasteiger partial charge in [-0.1, -0.05) is 31.2 Å². The maximum atomic E-state index is 13.6. The fraction of sp³-hybridized carbons (Fsp3) is 0.241. The van der Waals surface area contributed by atoms with Crippen LogP contribution in [0, 0.1) is 13.8 Å². The second-order valence-corrected chi connectivity index (χ2v) is 9.07. The van der Waals surface area contributed by atoms with Gasteiger partial charge in [-0.05, 0) is 87.4 Å². The summed E-state index contributed by atoms with van der Waals surface area (Å²) in [5, 5.41) is 0.182. The Morgan fingerprint density at radius 2 is 1.65 bits per heavy atom. The van der Waals surface area contributed by atoms with Crippen LogP contribution in [0.5, 0.6) is 0 Å². The molecule has 37 heavy (non-hydrogen) atoms. The first-order chi connectivity index (χ1) is 17.8. The van der Waals surface area contributed by atoms with Crippen molar-refractivity contribution in [3.05, 3.63) is 88.8 Å². The quantitative estimate of drug-likeness (QED) is 0.187. The number of aromatic nitrogens is 1. The molecule has 1 aromatic heterocycles. The lowest BCUT2D eigenvalue weighted by molar-refractivity contribution is -0.127. The predicted octanol–water partition coefficient (Wildman–Crippen LogP) is 5.22. The smallest absolute Gasteiger partial charge is 0.338 e. The summed E-state index contributed by atoms with van der Waals surface area (Å²) >= 11 is 5.58. The average molecular weight is 516 g/mol. The number of aryl methyl sites for hydroxylation is 1. The molecule has 1 aliphatic rings. The van der Waals surface area contributed by atoms with Gasteiger partial charge in [-0.25, -0.2) is 4.79 Å². The molecule has 2 amide bonds. The zero-order valence-corrected chi connectivity index (χ0v) is 22.2. The van der Waals surface area contributed by atoms with Gasteiger partial charge in [-0.2, -0.15) is 0 Å². The van der Waals surface area contributed by atoms with E-state index in [0.29, 0.717) is 30.8 Å². The third-order valence-corrected chi connectivity index (χ3v) is 6.58. The van der Waals surface area contributed by atoms with Crippen LogP contribution in [0.15, 0.2) is 66.2 Å². The van der Waals surface area contributed by atoms with Crippen LogP contribution in [-0.2, 0) is 14.3 Å². The number of carbonyl (C=O) groups is 3. The summed E-state index contributed by atoms with van der Waals surface area (Å²) in [6.45, 7) is 8.28. The first-order valence-corrected chi connectivity index (χ1v) is 12.6. The normalized spacial score (nSPS) is 15.0. The van der Waals surface area contributed by atoms with Crippen molar-refractivity contribution < 1.29 is 19.1 Å². The van der Waals surface area contributed by atoms with Crippen molar-refractivity contribution in [2.75, 3.05) is 18.1 Å². The van der Waals surface area contributed by atoms with Crippen LogP contribution in [0.3, 0.4) is 0 Å². The Morgan fingerprint density at radius 3 is 2.32 bits per heavy atom. The van der Waals surface area contributed by atoms with E-state index in [0.717, 1.165) is 22.6 Å². The Labute approximate surface area is 221 Å². The van der Waals surface area contributed by atoms with E-state index in [-0.39, 0.29) is 16.7 Å². The van der Waals surface area contributed by atoms with Crippen molar-refractivity contribution in [2.45, 2.75) is 34.1 Å². The van der Waals surface area contributed by atoms with E-state index >= 15 is 0 Å². The molecule has 4 rings (SSSR count). The van der Waals surface area contributed by atoms with Gasteiger partial charge in [0.2, 0.25) is 0 Å². The van der Waals surface area contributed by atoms with Crippen LogP contribution in [-0.4, -0.2) is 45.5 Å². The van der Waals surface area contributed by atoms with E-state index in [1.54, 1.807) is 43.3 Å². The highest BCUT2D eigenvalue weighted by molar-refractivity contribution is 7.80. The van der Waals surface area contributed by atoms with Crippen LogP contribution in [0.2, 0.25) is 0 Å². The molecule has 0 unspecified atom stereocenters. The van der Waals surface area contributed by atoms with Crippen molar-refractivity contribution in [1.29, 1.82) is 0 Å². The largest absolute Gasteiger partial charge is 0.462 e. The second-order valence-electron chi connectivity index (χ2n) is 8.71. The van der Waals surface area contributed by atoms with E-state index < -0.39 is 11.8 Å². The van der Waals surface area contributed by atoms with E-state index in [1.165, 1.54) is 9.80 Å². The van der Waals surface area contributed by atoms with E-state index in [1.807, 2.05) is 55.7 Å². The van der Waals surface area contributed by atoms with Crippen molar-refractivity contribution in [3.63, 3.8) is 0 Å².